The van der Waals surface area contributed by atoms with E-state index in [1.807, 2.05) is 13.0 Å². The molecule has 0 bridgehead atoms. The molecule has 1 aliphatic rings. The lowest BCUT2D eigenvalue weighted by Gasteiger charge is -2.19. The number of hydrogen-bond donors (Lipinski definition) is 1. The highest BCUT2D eigenvalue weighted by molar-refractivity contribution is 6.59. The number of anilines is 1. The first kappa shape index (κ1) is 33.8. The minimum absolute atomic E-state index is 0.0131. The van der Waals surface area contributed by atoms with Gasteiger partial charge in [-0.2, -0.15) is 10.2 Å². The van der Waals surface area contributed by atoms with Crippen LogP contribution in [0.5, 0.6) is 0 Å². The summed E-state index contributed by atoms with van der Waals surface area (Å²) in [6.07, 6.45) is -0.956. The number of alkyl halides is 4. The van der Waals surface area contributed by atoms with Crippen molar-refractivity contribution in [1.29, 1.82) is 0 Å². The van der Waals surface area contributed by atoms with Crippen molar-refractivity contribution in [3.8, 4) is 11.1 Å². The number of likely N-dealkylation sites (tertiary alicyclic amines) is 1. The molecule has 6 radical (unpaired) electrons. The van der Waals surface area contributed by atoms with Gasteiger partial charge in [-0.3, -0.25) is 0 Å². The number of nitrogen functional groups attached to an aromatic ring is 1. The number of fused-ring (bicyclic) bond motifs is 1. The molecular weight excluding hydrogens is 538 g/mol. The van der Waals surface area contributed by atoms with Crippen LogP contribution in [0.3, 0.4) is 0 Å². The Morgan fingerprint density at radius 1 is 1.27 bits per heavy atom. The number of benzene rings is 1. The monoisotopic (exact) mass is 569 g/mol. The van der Waals surface area contributed by atoms with Gasteiger partial charge in [0.25, 0.3) is 5.92 Å². The third-order valence-corrected chi connectivity index (χ3v) is 5.86. The molecule has 0 spiro atoms. The van der Waals surface area contributed by atoms with E-state index in [-0.39, 0.29) is 31.8 Å². The quantitative estimate of drug-likeness (QED) is 0.232. The van der Waals surface area contributed by atoms with Crippen LogP contribution in [-0.2, 0) is 6.42 Å². The van der Waals surface area contributed by atoms with Gasteiger partial charge in [0.15, 0.2) is 5.82 Å². The molecule has 1 aromatic carbocycles. The van der Waals surface area contributed by atoms with Gasteiger partial charge in [-0.1, -0.05) is 19.6 Å². The van der Waals surface area contributed by atoms with Crippen molar-refractivity contribution < 1.29 is 22.0 Å². The summed E-state index contributed by atoms with van der Waals surface area (Å²) in [5.41, 5.74) is 9.69. The average molecular weight is 569 g/mol. The molecule has 41 heavy (non-hydrogen) atoms. The summed E-state index contributed by atoms with van der Waals surface area (Å²) >= 11 is 0. The zero-order valence-electron chi connectivity index (χ0n) is 23.5. The summed E-state index contributed by atoms with van der Waals surface area (Å²) in [4.78, 5) is 5.77. The van der Waals surface area contributed by atoms with E-state index in [0.717, 1.165) is 11.3 Å². The number of nitrogens with zero attached hydrogens (tertiary/aromatic N) is 6. The molecule has 1 fully saturated rings. The molecule has 0 amide bonds. The number of azo groups is 1. The largest absolute Gasteiger partial charge is 0.369 e. The van der Waals surface area contributed by atoms with Crippen LogP contribution in [0.15, 0.2) is 46.9 Å². The normalized spacial score (nSPS) is 14.6. The van der Waals surface area contributed by atoms with Crippen LogP contribution >= 0.6 is 0 Å². The summed E-state index contributed by atoms with van der Waals surface area (Å²) in [7, 11) is 18.7. The molecule has 3 aromatic rings. The Balaban J connectivity index is 0.000000322. The van der Waals surface area contributed by atoms with Crippen molar-refractivity contribution >= 4 is 40.7 Å². The number of aromatic nitrogens is 3. The number of hydrogen-bond acceptors (Lipinski definition) is 6. The van der Waals surface area contributed by atoms with E-state index in [1.165, 1.54) is 17.6 Å². The molecular formula is C26H31B3F5N7. The van der Waals surface area contributed by atoms with E-state index in [1.54, 1.807) is 31.0 Å². The van der Waals surface area contributed by atoms with Crippen LogP contribution in [0.1, 0.15) is 37.9 Å². The van der Waals surface area contributed by atoms with Crippen molar-refractivity contribution in [2.24, 2.45) is 10.2 Å². The lowest BCUT2D eigenvalue weighted by molar-refractivity contribution is 0.0152. The molecule has 2 aromatic heterocycles. The van der Waals surface area contributed by atoms with E-state index in [9.17, 15) is 22.0 Å². The standard InChI is InChI=1S/C16H14B3FN6.C7H11F2N.C3H6F2/c1-8-5-9(3-4-11(8)24-22-2)13-10(20)7-26-14(13)12(6-16(17,18)19)23-15(21)25-26;1-6(2)10-4-3-7(8,9)5-10;1-2-3(4)5/h3-5,7H,6H2,1-2H3,(H2,21,25);1,3-5H2,2H3;3H,2H2,1H3. The summed E-state index contributed by atoms with van der Waals surface area (Å²) in [6.45, 7) is 8.96. The highest BCUT2D eigenvalue weighted by Crippen LogP contribution is 2.35. The van der Waals surface area contributed by atoms with E-state index >= 15 is 0 Å². The molecule has 3 heterocycles. The van der Waals surface area contributed by atoms with Gasteiger partial charge in [0.05, 0.1) is 53.2 Å². The number of halogens is 5. The van der Waals surface area contributed by atoms with Gasteiger partial charge in [0, 0.05) is 37.7 Å². The maximum Gasteiger partial charge on any atom is 0.266 e. The predicted molar refractivity (Wildman–Crippen MR) is 154 cm³/mol. The van der Waals surface area contributed by atoms with Crippen molar-refractivity contribution in [3.63, 3.8) is 0 Å². The number of allylic oxidation sites excluding steroid dienone is 1. The fraction of sp³-hybridized carbons (Fsp3) is 0.462. The SMILES string of the molecule is C=C(C)N1CCC(F)(F)C1.CCC(F)F.[B]C([B])([B])Cc1nc(N)nn2cc(F)c(-c3ccc(N=NC)c(C)c3)c12. The number of aryl methyl sites for hydroxylation is 1. The second kappa shape index (κ2) is 14.0. The van der Waals surface area contributed by atoms with Gasteiger partial charge < -0.3 is 10.6 Å². The Hall–Kier alpha value is -3.38. The first-order valence-electron chi connectivity index (χ1n) is 12.6. The first-order chi connectivity index (χ1) is 19.0. The topological polar surface area (TPSA) is 84.2 Å². The van der Waals surface area contributed by atoms with Crippen LogP contribution in [0.25, 0.3) is 16.6 Å². The summed E-state index contributed by atoms with van der Waals surface area (Å²) in [5, 5.41) is 10.3. The fourth-order valence-corrected chi connectivity index (χ4v) is 3.92. The molecule has 1 saturated heterocycles. The third kappa shape index (κ3) is 9.89. The first-order valence-corrected chi connectivity index (χ1v) is 12.6. The summed E-state index contributed by atoms with van der Waals surface area (Å²) < 4.78 is 62.5. The average Bonchev–Trinajstić information content (AvgIpc) is 3.38. The maximum absolute atomic E-state index is 14.8. The molecule has 214 valence electrons. The van der Waals surface area contributed by atoms with Gasteiger partial charge in [-0.05, 0) is 43.5 Å². The van der Waals surface area contributed by atoms with Gasteiger partial charge in [-0.25, -0.2) is 31.5 Å². The van der Waals surface area contributed by atoms with Crippen LogP contribution < -0.4 is 5.73 Å². The maximum atomic E-state index is 14.8. The highest BCUT2D eigenvalue weighted by atomic mass is 19.3. The predicted octanol–water partition coefficient (Wildman–Crippen LogP) is 5.78. The molecule has 0 aliphatic carbocycles. The zero-order valence-corrected chi connectivity index (χ0v) is 23.5. The third-order valence-electron chi connectivity index (χ3n) is 5.86. The van der Waals surface area contributed by atoms with Gasteiger partial charge >= 0.3 is 0 Å². The minimum atomic E-state index is -2.49. The molecule has 0 atom stereocenters. The summed E-state index contributed by atoms with van der Waals surface area (Å²) in [6, 6.07) is 5.32. The van der Waals surface area contributed by atoms with Crippen LogP contribution in [0, 0.1) is 12.7 Å². The Morgan fingerprint density at radius 3 is 2.34 bits per heavy atom. The molecule has 0 unspecified atom stereocenters. The van der Waals surface area contributed by atoms with Gasteiger partial charge in [0.1, 0.15) is 0 Å². The summed E-state index contributed by atoms with van der Waals surface area (Å²) in [5.74, 6) is -3.00. The van der Waals surface area contributed by atoms with Crippen LogP contribution in [-0.4, -0.2) is 75.5 Å². The fourth-order valence-electron chi connectivity index (χ4n) is 3.92. The molecule has 15 heteroatoms. The smallest absolute Gasteiger partial charge is 0.266 e. The zero-order chi connectivity index (χ0) is 31.1. The number of nitrogens with two attached hydrogens (primary N) is 1. The van der Waals surface area contributed by atoms with Gasteiger partial charge in [-0.15, -0.1) is 10.2 Å². The molecule has 7 nitrogen and oxygen atoms in total. The lowest BCUT2D eigenvalue weighted by Crippen LogP contribution is -2.23. The highest BCUT2D eigenvalue weighted by Gasteiger charge is 2.37. The molecule has 0 saturated carbocycles. The van der Waals surface area contributed by atoms with E-state index in [2.05, 4.69) is 26.9 Å². The number of rotatable bonds is 6. The van der Waals surface area contributed by atoms with Gasteiger partial charge in [0.2, 0.25) is 12.4 Å². The molecule has 1 aliphatic heterocycles. The van der Waals surface area contributed by atoms with E-state index < -0.39 is 23.3 Å². The lowest BCUT2D eigenvalue weighted by atomic mass is 9.41. The van der Waals surface area contributed by atoms with E-state index in [0.29, 0.717) is 34.6 Å². The van der Waals surface area contributed by atoms with Crippen molar-refractivity contribution in [3.05, 3.63) is 53.7 Å². The van der Waals surface area contributed by atoms with Crippen molar-refractivity contribution in [1.82, 2.24) is 19.5 Å². The Labute approximate surface area is 240 Å². The minimum Gasteiger partial charge on any atom is -0.369 e. The van der Waals surface area contributed by atoms with Crippen LogP contribution in [0.2, 0.25) is 5.11 Å². The van der Waals surface area contributed by atoms with Crippen LogP contribution in [0.4, 0.5) is 33.6 Å². The van der Waals surface area contributed by atoms with Crippen molar-refractivity contribution in [2.45, 2.75) is 57.5 Å². The Morgan fingerprint density at radius 2 is 1.90 bits per heavy atom. The van der Waals surface area contributed by atoms with E-state index in [4.69, 9.17) is 29.3 Å². The molecule has 4 rings (SSSR count). The Bertz CT molecular complexity index is 1370. The second-order valence-corrected chi connectivity index (χ2v) is 9.71. The second-order valence-electron chi connectivity index (χ2n) is 9.71. The van der Waals surface area contributed by atoms with Crippen molar-refractivity contribution in [2.75, 3.05) is 25.9 Å². The Kier molecular flexibility index (Phi) is 11.5. The molecule has 2 N–H and O–H groups in total.